The van der Waals surface area contributed by atoms with Crippen molar-refractivity contribution < 1.29 is 19.1 Å². The number of anilines is 2. The number of likely N-dealkylation sites (tertiary alicyclic amines) is 1. The number of hydrogen-bond acceptors (Lipinski definition) is 4. The molecule has 164 valence electrons. The van der Waals surface area contributed by atoms with Crippen LogP contribution in [0, 0.1) is 13.8 Å². The van der Waals surface area contributed by atoms with Crippen molar-refractivity contribution in [3.63, 3.8) is 0 Å². The van der Waals surface area contributed by atoms with Gasteiger partial charge in [-0.25, -0.2) is 0 Å². The van der Waals surface area contributed by atoms with Crippen LogP contribution in [0.3, 0.4) is 0 Å². The van der Waals surface area contributed by atoms with Crippen LogP contribution in [-0.2, 0) is 9.59 Å². The molecule has 1 heterocycles. The van der Waals surface area contributed by atoms with E-state index in [1.54, 1.807) is 23.1 Å². The molecule has 0 spiro atoms. The van der Waals surface area contributed by atoms with Gasteiger partial charge in [0.1, 0.15) is 11.9 Å². The second kappa shape index (κ2) is 9.64. The quantitative estimate of drug-likeness (QED) is 0.763. The van der Waals surface area contributed by atoms with Gasteiger partial charge in [0.05, 0.1) is 0 Å². The summed E-state index contributed by atoms with van der Waals surface area (Å²) in [5.41, 5.74) is 3.61. The van der Waals surface area contributed by atoms with Gasteiger partial charge in [-0.15, -0.1) is 0 Å². The highest BCUT2D eigenvalue weighted by molar-refractivity contribution is 6.00. The molecule has 31 heavy (non-hydrogen) atoms. The molecule has 1 aliphatic heterocycles. The third-order valence-corrected chi connectivity index (χ3v) is 5.19. The predicted molar refractivity (Wildman–Crippen MR) is 121 cm³/mol. The van der Waals surface area contributed by atoms with Crippen LogP contribution in [0.4, 0.5) is 11.4 Å². The zero-order chi connectivity index (χ0) is 22.5. The van der Waals surface area contributed by atoms with Gasteiger partial charge < -0.3 is 20.3 Å². The number of carbonyl (C=O) groups excluding carboxylic acids is 3. The Morgan fingerprint density at radius 2 is 1.48 bits per heavy atom. The maximum absolute atomic E-state index is 13.1. The third kappa shape index (κ3) is 6.07. The Balaban J connectivity index is 1.68. The van der Waals surface area contributed by atoms with Crippen molar-refractivity contribution in [2.75, 3.05) is 23.7 Å². The minimum absolute atomic E-state index is 0.0604. The first kappa shape index (κ1) is 22.3. The summed E-state index contributed by atoms with van der Waals surface area (Å²) in [6.45, 7) is 8.02. The second-order valence-electron chi connectivity index (χ2n) is 8.04. The number of aryl methyl sites for hydroxylation is 2. The van der Waals surface area contributed by atoms with Crippen LogP contribution in [0.5, 0.6) is 5.75 Å². The van der Waals surface area contributed by atoms with Crippen LogP contribution in [0.1, 0.15) is 48.2 Å². The summed E-state index contributed by atoms with van der Waals surface area (Å²) in [5.74, 6) is 0.266. The Kier molecular flexibility index (Phi) is 6.95. The second-order valence-corrected chi connectivity index (χ2v) is 8.04. The fraction of sp³-hybridized carbons (Fsp3) is 0.375. The van der Waals surface area contributed by atoms with Crippen LogP contribution in [0.25, 0.3) is 0 Å². The van der Waals surface area contributed by atoms with Gasteiger partial charge in [-0.3, -0.25) is 14.4 Å². The molecule has 1 fully saturated rings. The predicted octanol–water partition coefficient (Wildman–Crippen LogP) is 3.90. The molecule has 1 aliphatic rings. The molecule has 3 rings (SSSR count). The molecular weight excluding hydrogens is 394 g/mol. The number of amides is 3. The van der Waals surface area contributed by atoms with E-state index in [0.717, 1.165) is 29.7 Å². The van der Waals surface area contributed by atoms with Crippen LogP contribution in [0.2, 0.25) is 0 Å². The SMILES string of the molecule is CC(=O)Nc1cc(NC(C)=O)cc(C(=O)N2CCC(Oc3cc(C)ccc3C)CC2)c1. The molecule has 3 amide bonds. The first-order chi connectivity index (χ1) is 14.7. The average Bonchev–Trinajstić information content (AvgIpc) is 2.69. The molecule has 0 aromatic heterocycles. The van der Waals surface area contributed by atoms with E-state index >= 15 is 0 Å². The monoisotopic (exact) mass is 423 g/mol. The Labute approximate surface area is 182 Å². The number of piperidine rings is 1. The molecule has 2 N–H and O–H groups in total. The average molecular weight is 424 g/mol. The van der Waals surface area contributed by atoms with E-state index in [-0.39, 0.29) is 23.8 Å². The summed E-state index contributed by atoms with van der Waals surface area (Å²) in [5, 5.41) is 5.36. The largest absolute Gasteiger partial charge is 0.490 e. The Bertz CT molecular complexity index is 960. The Hall–Kier alpha value is -3.35. The third-order valence-electron chi connectivity index (χ3n) is 5.19. The number of benzene rings is 2. The zero-order valence-corrected chi connectivity index (χ0v) is 18.5. The molecule has 2 aromatic rings. The first-order valence-corrected chi connectivity index (χ1v) is 10.4. The number of carbonyl (C=O) groups is 3. The zero-order valence-electron chi connectivity index (χ0n) is 18.5. The maximum atomic E-state index is 13.1. The first-order valence-electron chi connectivity index (χ1n) is 10.4. The summed E-state index contributed by atoms with van der Waals surface area (Å²) >= 11 is 0. The molecule has 0 radical (unpaired) electrons. The molecule has 7 nitrogen and oxygen atoms in total. The lowest BCUT2D eigenvalue weighted by atomic mass is 10.0. The van der Waals surface area contributed by atoms with Gasteiger partial charge in [0.25, 0.3) is 5.91 Å². The summed E-state index contributed by atoms with van der Waals surface area (Å²) in [7, 11) is 0. The summed E-state index contributed by atoms with van der Waals surface area (Å²) in [6, 6.07) is 11.1. The van der Waals surface area contributed by atoms with Crippen molar-refractivity contribution in [1.29, 1.82) is 0 Å². The number of nitrogens with zero attached hydrogens (tertiary/aromatic N) is 1. The molecule has 7 heteroatoms. The van der Waals surface area contributed by atoms with Crippen LogP contribution in [0.15, 0.2) is 36.4 Å². The molecule has 0 saturated carbocycles. The number of ether oxygens (including phenoxy) is 1. The number of rotatable bonds is 5. The van der Waals surface area contributed by atoms with E-state index in [2.05, 4.69) is 22.8 Å². The highest BCUT2D eigenvalue weighted by atomic mass is 16.5. The lowest BCUT2D eigenvalue weighted by Crippen LogP contribution is -2.41. The minimum atomic E-state index is -0.247. The van der Waals surface area contributed by atoms with E-state index in [1.807, 2.05) is 19.9 Å². The molecule has 0 atom stereocenters. The van der Waals surface area contributed by atoms with Crippen LogP contribution >= 0.6 is 0 Å². The molecule has 0 bridgehead atoms. The highest BCUT2D eigenvalue weighted by Crippen LogP contribution is 2.26. The Morgan fingerprint density at radius 3 is 2.03 bits per heavy atom. The van der Waals surface area contributed by atoms with Gasteiger partial charge in [-0.05, 0) is 49.2 Å². The summed E-state index contributed by atoms with van der Waals surface area (Å²) < 4.78 is 6.19. The van der Waals surface area contributed by atoms with E-state index in [9.17, 15) is 14.4 Å². The van der Waals surface area contributed by atoms with Crippen molar-refractivity contribution in [1.82, 2.24) is 4.90 Å². The lowest BCUT2D eigenvalue weighted by Gasteiger charge is -2.32. The van der Waals surface area contributed by atoms with Crippen molar-refractivity contribution >= 4 is 29.1 Å². The normalized spacial score (nSPS) is 14.1. The van der Waals surface area contributed by atoms with Gasteiger partial charge >= 0.3 is 0 Å². The summed E-state index contributed by atoms with van der Waals surface area (Å²) in [6.07, 6.45) is 1.54. The standard InChI is InChI=1S/C24H29N3O4/c1-15-5-6-16(2)23(11-15)31-22-7-9-27(10-8-22)24(30)19-12-20(25-17(3)28)14-21(13-19)26-18(4)29/h5-6,11-14,22H,7-10H2,1-4H3,(H,25,28)(H,26,29). The minimum Gasteiger partial charge on any atom is -0.490 e. The van der Waals surface area contributed by atoms with Crippen LogP contribution in [-0.4, -0.2) is 41.8 Å². The number of nitrogens with one attached hydrogen (secondary N) is 2. The lowest BCUT2D eigenvalue weighted by molar-refractivity contribution is -0.115. The molecule has 0 aliphatic carbocycles. The van der Waals surface area contributed by atoms with Crippen molar-refractivity contribution in [2.24, 2.45) is 0 Å². The fourth-order valence-corrected chi connectivity index (χ4v) is 3.68. The van der Waals surface area contributed by atoms with Gasteiger partial charge in [-0.1, -0.05) is 12.1 Å². The van der Waals surface area contributed by atoms with Crippen LogP contribution < -0.4 is 15.4 Å². The van der Waals surface area contributed by atoms with Crippen molar-refractivity contribution in [2.45, 2.75) is 46.6 Å². The maximum Gasteiger partial charge on any atom is 0.254 e. The van der Waals surface area contributed by atoms with E-state index in [0.29, 0.717) is 30.0 Å². The highest BCUT2D eigenvalue weighted by Gasteiger charge is 2.25. The topological polar surface area (TPSA) is 87.7 Å². The van der Waals surface area contributed by atoms with Gasteiger partial charge in [-0.2, -0.15) is 0 Å². The van der Waals surface area contributed by atoms with Gasteiger partial charge in [0, 0.05) is 56.7 Å². The molecule has 2 aromatic carbocycles. The Morgan fingerprint density at radius 1 is 0.903 bits per heavy atom. The van der Waals surface area contributed by atoms with E-state index < -0.39 is 0 Å². The molecular formula is C24H29N3O4. The van der Waals surface area contributed by atoms with Crippen molar-refractivity contribution in [3.05, 3.63) is 53.1 Å². The van der Waals surface area contributed by atoms with E-state index in [1.165, 1.54) is 13.8 Å². The fourth-order valence-electron chi connectivity index (χ4n) is 3.68. The summed E-state index contributed by atoms with van der Waals surface area (Å²) in [4.78, 5) is 37.8. The van der Waals surface area contributed by atoms with Gasteiger partial charge in [0.2, 0.25) is 11.8 Å². The number of hydrogen-bond donors (Lipinski definition) is 2. The molecule has 0 unspecified atom stereocenters. The molecule has 1 saturated heterocycles. The van der Waals surface area contributed by atoms with E-state index in [4.69, 9.17) is 4.74 Å². The smallest absolute Gasteiger partial charge is 0.254 e. The van der Waals surface area contributed by atoms with Gasteiger partial charge in [0.15, 0.2) is 0 Å². The van der Waals surface area contributed by atoms with Crippen molar-refractivity contribution in [3.8, 4) is 5.75 Å².